The van der Waals surface area contributed by atoms with E-state index in [1.807, 2.05) is 30.3 Å². The van der Waals surface area contributed by atoms with Crippen LogP contribution in [0.2, 0.25) is 5.02 Å². The van der Waals surface area contributed by atoms with Gasteiger partial charge >= 0.3 is 0 Å². The Hall–Kier alpha value is -2.39. The number of aliphatic hydroxyl groups is 1. The van der Waals surface area contributed by atoms with Gasteiger partial charge in [0.1, 0.15) is 5.76 Å². The molecule has 2 aromatic rings. The van der Waals surface area contributed by atoms with Gasteiger partial charge in [-0.1, -0.05) is 42.8 Å². The van der Waals surface area contributed by atoms with Gasteiger partial charge in [-0.05, 0) is 72.1 Å². The molecule has 0 heterocycles. The van der Waals surface area contributed by atoms with Crippen LogP contribution in [0.25, 0.3) is 16.7 Å². The molecule has 4 atom stereocenters. The maximum atomic E-state index is 13.5. The molecule has 2 bridgehead atoms. The molecule has 3 fully saturated rings. The summed E-state index contributed by atoms with van der Waals surface area (Å²) in [4.78, 5) is 13.5. The monoisotopic (exact) mass is 405 g/mol. The number of ketones is 1. The fraction of sp³-hybridized carbons (Fsp3) is 0.360. The summed E-state index contributed by atoms with van der Waals surface area (Å²) in [6.45, 7) is 2.07. The van der Waals surface area contributed by atoms with Crippen molar-refractivity contribution in [1.82, 2.24) is 0 Å². The van der Waals surface area contributed by atoms with E-state index in [9.17, 15) is 9.90 Å². The Bertz CT molecular complexity index is 1050. The Kier molecular flexibility index (Phi) is 4.40. The maximum Gasteiger partial charge on any atom is 0.170 e. The van der Waals surface area contributed by atoms with E-state index in [1.165, 1.54) is 0 Å². The summed E-state index contributed by atoms with van der Waals surface area (Å²) in [5.41, 5.74) is 5.17. The van der Waals surface area contributed by atoms with Crippen LogP contribution < -0.4 is 0 Å². The number of allylic oxidation sites excluding steroid dienone is 2. The number of rotatable bonds is 3. The SMILES string of the molecule is CCc1ccc(-c2ccc(Cl)cc2)cc1C1=C(O)C2C3CC[C@H](CC3=N)[C@@H]2C1=O. The molecule has 0 spiro atoms. The number of aryl methyl sites for hydroxylation is 1. The largest absolute Gasteiger partial charge is 0.511 e. The number of carbonyl (C=O) groups excluding carboxylic acids is 1. The van der Waals surface area contributed by atoms with Crippen molar-refractivity contribution in [2.45, 2.75) is 32.6 Å². The number of Topliss-reactive ketones (excluding diaryl/α,β-unsaturated/α-hetero) is 1. The molecule has 148 valence electrons. The summed E-state index contributed by atoms with van der Waals surface area (Å²) in [6.07, 6.45) is 3.41. The summed E-state index contributed by atoms with van der Waals surface area (Å²) in [5.74, 6) is 0.188. The summed E-state index contributed by atoms with van der Waals surface area (Å²) in [6, 6.07) is 13.8. The lowest BCUT2D eigenvalue weighted by molar-refractivity contribution is -0.121. The fourth-order valence-corrected chi connectivity index (χ4v) is 5.88. The zero-order valence-electron chi connectivity index (χ0n) is 16.4. The molecule has 2 aromatic carbocycles. The first-order valence-electron chi connectivity index (χ1n) is 10.4. The van der Waals surface area contributed by atoms with Crippen molar-refractivity contribution in [2.75, 3.05) is 0 Å². The number of halogens is 1. The zero-order chi connectivity index (χ0) is 20.3. The molecule has 29 heavy (non-hydrogen) atoms. The molecule has 0 amide bonds. The maximum absolute atomic E-state index is 13.5. The van der Waals surface area contributed by atoms with Crippen molar-refractivity contribution in [1.29, 1.82) is 5.41 Å². The van der Waals surface area contributed by atoms with Gasteiger partial charge in [-0.3, -0.25) is 4.79 Å². The van der Waals surface area contributed by atoms with Crippen LogP contribution in [0.5, 0.6) is 0 Å². The number of carbonyl (C=O) groups is 1. The molecule has 0 aromatic heterocycles. The van der Waals surface area contributed by atoms with Crippen LogP contribution in [0.3, 0.4) is 0 Å². The first-order valence-corrected chi connectivity index (χ1v) is 10.8. The van der Waals surface area contributed by atoms with E-state index >= 15 is 0 Å². The van der Waals surface area contributed by atoms with Gasteiger partial charge in [-0.15, -0.1) is 0 Å². The summed E-state index contributed by atoms with van der Waals surface area (Å²) >= 11 is 6.03. The standard InChI is InChI=1S/C25H24ClNO2/c1-2-13-3-4-15(14-5-8-17(26)9-6-14)11-19(13)23-24(28)21-16-7-10-18(20(27)12-16)22(21)25(23)29/h3-6,8-9,11,16,18,21-22,27,29H,2,7,10,12H2,1H3/t16-,18?,21+,22?/m1/s1. The van der Waals surface area contributed by atoms with Crippen LogP contribution >= 0.6 is 11.6 Å². The number of fused-ring (bicyclic) bond motifs is 2. The van der Waals surface area contributed by atoms with E-state index in [0.717, 1.165) is 41.5 Å². The van der Waals surface area contributed by atoms with Crippen LogP contribution in [-0.2, 0) is 11.2 Å². The lowest BCUT2D eigenvalue weighted by Crippen LogP contribution is -2.46. The lowest BCUT2D eigenvalue weighted by Gasteiger charge is -2.45. The third-order valence-corrected chi connectivity index (χ3v) is 7.42. The molecule has 3 nitrogen and oxygen atoms in total. The predicted octanol–water partition coefficient (Wildman–Crippen LogP) is 6.10. The molecule has 0 saturated heterocycles. The Morgan fingerprint density at radius 1 is 1.07 bits per heavy atom. The molecular weight excluding hydrogens is 382 g/mol. The number of hydrogen-bond donors (Lipinski definition) is 2. The first kappa shape index (κ1) is 18.6. The van der Waals surface area contributed by atoms with Crippen molar-refractivity contribution in [3.05, 3.63) is 64.4 Å². The Labute approximate surface area is 175 Å². The smallest absolute Gasteiger partial charge is 0.170 e. The van der Waals surface area contributed by atoms with Gasteiger partial charge in [0, 0.05) is 28.5 Å². The van der Waals surface area contributed by atoms with Crippen molar-refractivity contribution >= 4 is 28.7 Å². The van der Waals surface area contributed by atoms with Crippen LogP contribution in [0.15, 0.2) is 48.2 Å². The Morgan fingerprint density at radius 2 is 1.79 bits per heavy atom. The molecule has 3 saturated carbocycles. The summed E-state index contributed by atoms with van der Waals surface area (Å²) < 4.78 is 0. The number of benzene rings is 2. The highest BCUT2D eigenvalue weighted by molar-refractivity contribution is 6.30. The highest BCUT2D eigenvalue weighted by atomic mass is 35.5. The third-order valence-electron chi connectivity index (χ3n) is 7.17. The molecule has 0 aliphatic heterocycles. The Morgan fingerprint density at radius 3 is 2.48 bits per heavy atom. The molecule has 0 radical (unpaired) electrons. The normalized spacial score (nSPS) is 28.2. The molecule has 4 aliphatic rings. The van der Waals surface area contributed by atoms with E-state index in [1.54, 1.807) is 0 Å². The Balaban J connectivity index is 1.64. The minimum atomic E-state index is -0.193. The van der Waals surface area contributed by atoms with Crippen LogP contribution in [0.1, 0.15) is 37.3 Å². The zero-order valence-corrected chi connectivity index (χ0v) is 17.2. The number of nitrogens with one attached hydrogen (secondary N) is 1. The minimum absolute atomic E-state index is 0.0241. The summed E-state index contributed by atoms with van der Waals surface area (Å²) in [5, 5.41) is 20.2. The van der Waals surface area contributed by atoms with Gasteiger partial charge in [0.25, 0.3) is 0 Å². The molecule has 6 rings (SSSR count). The van der Waals surface area contributed by atoms with Gasteiger partial charge in [0.05, 0.1) is 5.57 Å². The van der Waals surface area contributed by atoms with Gasteiger partial charge in [0.2, 0.25) is 0 Å². The fourth-order valence-electron chi connectivity index (χ4n) is 5.76. The minimum Gasteiger partial charge on any atom is -0.511 e. The second-order valence-electron chi connectivity index (χ2n) is 8.58. The molecule has 4 heteroatoms. The molecule has 2 N–H and O–H groups in total. The molecule has 4 aliphatic carbocycles. The second kappa shape index (κ2) is 6.84. The average molecular weight is 406 g/mol. The van der Waals surface area contributed by atoms with Crippen molar-refractivity contribution < 1.29 is 9.90 Å². The van der Waals surface area contributed by atoms with Crippen LogP contribution in [0.4, 0.5) is 0 Å². The van der Waals surface area contributed by atoms with Gasteiger partial charge < -0.3 is 10.5 Å². The summed E-state index contributed by atoms with van der Waals surface area (Å²) in [7, 11) is 0. The van der Waals surface area contributed by atoms with Gasteiger partial charge in [-0.2, -0.15) is 0 Å². The highest BCUT2D eigenvalue weighted by Gasteiger charge is 2.56. The van der Waals surface area contributed by atoms with E-state index < -0.39 is 0 Å². The number of aliphatic hydroxyl groups excluding tert-OH is 1. The van der Waals surface area contributed by atoms with E-state index in [0.29, 0.717) is 22.7 Å². The second-order valence-corrected chi connectivity index (χ2v) is 9.02. The quantitative estimate of drug-likeness (QED) is 0.647. The van der Waals surface area contributed by atoms with Crippen molar-refractivity contribution in [3.63, 3.8) is 0 Å². The first-order chi connectivity index (χ1) is 14.0. The number of hydrogen-bond acceptors (Lipinski definition) is 3. The molecular formula is C25H24ClNO2. The van der Waals surface area contributed by atoms with Gasteiger partial charge in [-0.25, -0.2) is 0 Å². The van der Waals surface area contributed by atoms with Crippen LogP contribution in [0, 0.1) is 29.1 Å². The predicted molar refractivity (Wildman–Crippen MR) is 116 cm³/mol. The van der Waals surface area contributed by atoms with Gasteiger partial charge in [0.15, 0.2) is 5.78 Å². The van der Waals surface area contributed by atoms with E-state index in [2.05, 4.69) is 19.1 Å². The van der Waals surface area contributed by atoms with E-state index in [-0.39, 0.29) is 35.2 Å². The average Bonchev–Trinajstić information content (AvgIpc) is 3.00. The van der Waals surface area contributed by atoms with Crippen molar-refractivity contribution in [2.24, 2.45) is 23.7 Å². The lowest BCUT2D eigenvalue weighted by atomic mass is 9.58. The third kappa shape index (κ3) is 2.78. The van der Waals surface area contributed by atoms with Crippen molar-refractivity contribution in [3.8, 4) is 11.1 Å². The van der Waals surface area contributed by atoms with E-state index in [4.69, 9.17) is 17.0 Å². The molecule has 2 unspecified atom stereocenters. The highest BCUT2D eigenvalue weighted by Crippen LogP contribution is 2.56. The van der Waals surface area contributed by atoms with Crippen LogP contribution in [-0.4, -0.2) is 16.6 Å². The topological polar surface area (TPSA) is 61.1 Å².